The molecule has 1 aliphatic heterocycles. The molecule has 0 aliphatic carbocycles. The van der Waals surface area contributed by atoms with Gasteiger partial charge in [0.15, 0.2) is 11.5 Å². The van der Waals surface area contributed by atoms with E-state index in [9.17, 15) is 4.79 Å². The summed E-state index contributed by atoms with van der Waals surface area (Å²) in [7, 11) is 1.84. The quantitative estimate of drug-likeness (QED) is 0.844. The van der Waals surface area contributed by atoms with Crippen LogP contribution in [-0.4, -0.2) is 32.7 Å². The van der Waals surface area contributed by atoms with Gasteiger partial charge in [-0.1, -0.05) is 13.0 Å². The van der Waals surface area contributed by atoms with Crippen LogP contribution in [0.15, 0.2) is 18.2 Å². The second-order valence-corrected chi connectivity index (χ2v) is 4.78. The van der Waals surface area contributed by atoms with Crippen molar-refractivity contribution < 1.29 is 14.3 Å². The van der Waals surface area contributed by atoms with Crippen LogP contribution in [0.1, 0.15) is 31.4 Å². The monoisotopic (exact) mass is 314 g/mol. The van der Waals surface area contributed by atoms with Gasteiger partial charge in [0, 0.05) is 13.0 Å². The molecule has 1 aromatic carbocycles. The van der Waals surface area contributed by atoms with Crippen molar-refractivity contribution in [2.45, 2.75) is 25.8 Å². The summed E-state index contributed by atoms with van der Waals surface area (Å²) in [5, 5.41) is 6.02. The van der Waals surface area contributed by atoms with Crippen LogP contribution in [0.25, 0.3) is 0 Å². The van der Waals surface area contributed by atoms with Crippen molar-refractivity contribution in [1.82, 2.24) is 10.6 Å². The van der Waals surface area contributed by atoms with E-state index in [1.165, 1.54) is 0 Å². The first-order valence-electron chi connectivity index (χ1n) is 7.08. The molecule has 0 bridgehead atoms. The highest BCUT2D eigenvalue weighted by Gasteiger charge is 2.17. The number of rotatable bonds is 6. The minimum Gasteiger partial charge on any atom is -0.486 e. The number of ether oxygens (including phenoxy) is 2. The van der Waals surface area contributed by atoms with Gasteiger partial charge in [-0.05, 0) is 31.2 Å². The van der Waals surface area contributed by atoms with Crippen LogP contribution < -0.4 is 20.1 Å². The number of amides is 1. The lowest BCUT2D eigenvalue weighted by Crippen LogP contribution is -2.30. The smallest absolute Gasteiger partial charge is 0.221 e. The molecule has 0 radical (unpaired) electrons. The molecule has 1 unspecified atom stereocenters. The third-order valence-electron chi connectivity index (χ3n) is 3.31. The summed E-state index contributed by atoms with van der Waals surface area (Å²) in [4.78, 5) is 11.8. The fraction of sp³-hybridized carbons (Fsp3) is 0.533. The van der Waals surface area contributed by atoms with Gasteiger partial charge in [-0.3, -0.25) is 4.79 Å². The lowest BCUT2D eigenvalue weighted by atomic mass is 10.0. The molecule has 118 valence electrons. The van der Waals surface area contributed by atoms with Gasteiger partial charge in [0.25, 0.3) is 0 Å². The van der Waals surface area contributed by atoms with Crippen LogP contribution in [-0.2, 0) is 4.79 Å². The van der Waals surface area contributed by atoms with E-state index in [0.29, 0.717) is 26.2 Å². The standard InChI is InChI=1S/C15H22N2O3.ClH/c1-3-12(17-15(18)6-7-16-2)11-4-5-13-14(10-11)20-9-8-19-13;/h4-5,10,12,16H,3,6-9H2,1-2H3,(H,17,18);1H. The molecule has 0 aromatic heterocycles. The molecule has 1 aromatic rings. The van der Waals surface area contributed by atoms with E-state index in [0.717, 1.165) is 23.5 Å². The Kier molecular flexibility index (Phi) is 7.32. The SMILES string of the molecule is CCC(NC(=O)CCNC)c1ccc2c(c1)OCCO2.Cl. The minimum atomic E-state index is 0. The van der Waals surface area contributed by atoms with Gasteiger partial charge >= 0.3 is 0 Å². The molecule has 5 nitrogen and oxygen atoms in total. The maximum absolute atomic E-state index is 11.8. The average Bonchev–Trinajstić information content (AvgIpc) is 2.50. The second kappa shape index (κ2) is 8.74. The first kappa shape index (κ1) is 17.6. The van der Waals surface area contributed by atoms with Gasteiger partial charge in [-0.25, -0.2) is 0 Å². The Labute approximate surface area is 131 Å². The van der Waals surface area contributed by atoms with Gasteiger partial charge in [0.2, 0.25) is 5.91 Å². The molecule has 0 fully saturated rings. The molecule has 2 rings (SSSR count). The van der Waals surface area contributed by atoms with Crippen LogP contribution in [0, 0.1) is 0 Å². The predicted molar refractivity (Wildman–Crippen MR) is 84.4 cm³/mol. The number of hydrogen-bond acceptors (Lipinski definition) is 4. The molecule has 0 spiro atoms. The van der Waals surface area contributed by atoms with E-state index in [2.05, 4.69) is 17.6 Å². The Hall–Kier alpha value is -1.46. The molecule has 0 saturated carbocycles. The van der Waals surface area contributed by atoms with Gasteiger partial charge in [-0.15, -0.1) is 12.4 Å². The zero-order valence-electron chi connectivity index (χ0n) is 12.5. The van der Waals surface area contributed by atoms with E-state index in [1.54, 1.807) is 0 Å². The topological polar surface area (TPSA) is 59.6 Å². The molecule has 21 heavy (non-hydrogen) atoms. The van der Waals surface area contributed by atoms with Gasteiger partial charge < -0.3 is 20.1 Å². The molecule has 1 amide bonds. The molecule has 6 heteroatoms. The highest BCUT2D eigenvalue weighted by molar-refractivity contribution is 5.85. The summed E-state index contributed by atoms with van der Waals surface area (Å²) in [5.41, 5.74) is 1.05. The van der Waals surface area contributed by atoms with Gasteiger partial charge in [0.05, 0.1) is 6.04 Å². The number of carbonyl (C=O) groups is 1. The second-order valence-electron chi connectivity index (χ2n) is 4.78. The Balaban J connectivity index is 0.00000220. The van der Waals surface area contributed by atoms with Crippen molar-refractivity contribution in [3.63, 3.8) is 0 Å². The van der Waals surface area contributed by atoms with Crippen molar-refractivity contribution in [3.05, 3.63) is 23.8 Å². The predicted octanol–water partition coefficient (Wildman–Crippen LogP) is 2.06. The number of benzene rings is 1. The molecule has 0 saturated heterocycles. The number of carbonyl (C=O) groups excluding carboxylic acids is 1. The fourth-order valence-corrected chi connectivity index (χ4v) is 2.20. The first-order valence-corrected chi connectivity index (χ1v) is 7.08. The Morgan fingerprint density at radius 2 is 2.00 bits per heavy atom. The Bertz CT molecular complexity index is 468. The largest absolute Gasteiger partial charge is 0.486 e. The number of nitrogens with one attached hydrogen (secondary N) is 2. The molecule has 1 aliphatic rings. The maximum Gasteiger partial charge on any atom is 0.221 e. The van der Waals surface area contributed by atoms with E-state index < -0.39 is 0 Å². The molecular formula is C15H23ClN2O3. The van der Waals surface area contributed by atoms with Crippen molar-refractivity contribution in [2.24, 2.45) is 0 Å². The van der Waals surface area contributed by atoms with Crippen molar-refractivity contribution >= 4 is 18.3 Å². The van der Waals surface area contributed by atoms with Gasteiger partial charge in [0.1, 0.15) is 13.2 Å². The maximum atomic E-state index is 11.8. The summed E-state index contributed by atoms with van der Waals surface area (Å²) in [5.74, 6) is 1.59. The molecule has 1 atom stereocenters. The third kappa shape index (κ3) is 4.79. The summed E-state index contributed by atoms with van der Waals surface area (Å²) in [6, 6.07) is 5.86. The molecule has 1 heterocycles. The first-order chi connectivity index (χ1) is 9.74. The summed E-state index contributed by atoms with van der Waals surface area (Å²) < 4.78 is 11.1. The van der Waals surface area contributed by atoms with Crippen molar-refractivity contribution in [2.75, 3.05) is 26.8 Å². The Morgan fingerprint density at radius 1 is 1.29 bits per heavy atom. The summed E-state index contributed by atoms with van der Waals surface area (Å²) in [6.07, 6.45) is 1.32. The van der Waals surface area contributed by atoms with E-state index in [1.807, 2.05) is 25.2 Å². The summed E-state index contributed by atoms with van der Waals surface area (Å²) >= 11 is 0. The normalized spacial score (nSPS) is 14.0. The molecular weight excluding hydrogens is 292 g/mol. The number of fused-ring (bicyclic) bond motifs is 1. The lowest BCUT2D eigenvalue weighted by molar-refractivity contribution is -0.121. The average molecular weight is 315 g/mol. The molecule has 2 N–H and O–H groups in total. The highest BCUT2D eigenvalue weighted by Crippen LogP contribution is 2.33. The minimum absolute atomic E-state index is 0. The number of hydrogen-bond donors (Lipinski definition) is 2. The third-order valence-corrected chi connectivity index (χ3v) is 3.31. The Morgan fingerprint density at radius 3 is 2.67 bits per heavy atom. The number of halogens is 1. The fourth-order valence-electron chi connectivity index (χ4n) is 2.20. The van der Waals surface area contributed by atoms with E-state index >= 15 is 0 Å². The van der Waals surface area contributed by atoms with Crippen molar-refractivity contribution in [1.29, 1.82) is 0 Å². The van der Waals surface area contributed by atoms with Crippen LogP contribution >= 0.6 is 12.4 Å². The summed E-state index contributed by atoms with van der Waals surface area (Å²) in [6.45, 7) is 3.90. The van der Waals surface area contributed by atoms with E-state index in [-0.39, 0.29) is 24.4 Å². The van der Waals surface area contributed by atoms with Crippen LogP contribution in [0.3, 0.4) is 0 Å². The van der Waals surface area contributed by atoms with Gasteiger partial charge in [-0.2, -0.15) is 0 Å². The van der Waals surface area contributed by atoms with Crippen molar-refractivity contribution in [3.8, 4) is 11.5 Å². The zero-order chi connectivity index (χ0) is 14.4. The van der Waals surface area contributed by atoms with E-state index in [4.69, 9.17) is 9.47 Å². The van der Waals surface area contributed by atoms with Crippen LogP contribution in [0.4, 0.5) is 0 Å². The lowest BCUT2D eigenvalue weighted by Gasteiger charge is -2.22. The van der Waals surface area contributed by atoms with Crippen LogP contribution in [0.2, 0.25) is 0 Å². The van der Waals surface area contributed by atoms with Crippen LogP contribution in [0.5, 0.6) is 11.5 Å². The zero-order valence-corrected chi connectivity index (χ0v) is 13.3. The highest BCUT2D eigenvalue weighted by atomic mass is 35.5.